The molecular formula is C16H12O8. The van der Waals surface area contributed by atoms with Gasteiger partial charge in [-0.05, 0) is 30.3 Å². The largest absolute Gasteiger partial charge is 0.508 e. The summed E-state index contributed by atoms with van der Waals surface area (Å²) >= 11 is 0. The van der Waals surface area contributed by atoms with Crippen molar-refractivity contribution in [1.82, 2.24) is 0 Å². The number of aliphatic carboxylic acids is 1. The van der Waals surface area contributed by atoms with Crippen molar-refractivity contribution in [3.63, 3.8) is 0 Å². The Kier molecular flexibility index (Phi) is 4.32. The van der Waals surface area contributed by atoms with Gasteiger partial charge in [-0.15, -0.1) is 0 Å². The summed E-state index contributed by atoms with van der Waals surface area (Å²) in [7, 11) is 0. The Morgan fingerprint density at radius 1 is 0.792 bits per heavy atom. The van der Waals surface area contributed by atoms with Crippen molar-refractivity contribution in [2.45, 2.75) is 0 Å². The molecule has 2 aromatic carbocycles. The summed E-state index contributed by atoms with van der Waals surface area (Å²) < 4.78 is 0. The first kappa shape index (κ1) is 16.7. The molecule has 0 aliphatic rings. The van der Waals surface area contributed by atoms with Crippen LogP contribution in [0.25, 0.3) is 11.6 Å². The van der Waals surface area contributed by atoms with E-state index in [1.807, 2.05) is 0 Å². The summed E-state index contributed by atoms with van der Waals surface area (Å²) in [6.07, 6.45) is 0.982. The van der Waals surface area contributed by atoms with Gasteiger partial charge in [0.1, 0.15) is 11.5 Å². The molecule has 124 valence electrons. The van der Waals surface area contributed by atoms with Crippen LogP contribution in [-0.4, -0.2) is 42.6 Å². The molecule has 0 saturated heterocycles. The van der Waals surface area contributed by atoms with Crippen LogP contribution in [0.4, 0.5) is 0 Å². The van der Waals surface area contributed by atoms with E-state index in [0.29, 0.717) is 0 Å². The fraction of sp³-hybridized carbons (Fsp3) is 0. The topological polar surface area (TPSA) is 156 Å². The van der Waals surface area contributed by atoms with Crippen LogP contribution < -0.4 is 0 Å². The van der Waals surface area contributed by atoms with Crippen LogP contribution in [-0.2, 0) is 4.79 Å². The summed E-state index contributed by atoms with van der Waals surface area (Å²) in [5.74, 6) is -5.11. The molecule has 24 heavy (non-hydrogen) atoms. The van der Waals surface area contributed by atoms with E-state index in [1.165, 1.54) is 12.1 Å². The number of phenolic OH excluding ortho intramolecular Hbond substituents is 4. The lowest BCUT2D eigenvalue weighted by molar-refractivity contribution is -0.130. The highest BCUT2D eigenvalue weighted by Gasteiger charge is 2.22. The number of aromatic carboxylic acids is 1. The van der Waals surface area contributed by atoms with Gasteiger partial charge < -0.3 is 30.6 Å². The maximum absolute atomic E-state index is 11.5. The lowest BCUT2D eigenvalue weighted by atomic mass is 9.96. The summed E-state index contributed by atoms with van der Waals surface area (Å²) in [4.78, 5) is 22.8. The normalized spacial score (nSPS) is 11.2. The number of benzene rings is 2. The molecule has 6 N–H and O–H groups in total. The molecule has 8 nitrogen and oxygen atoms in total. The summed E-state index contributed by atoms with van der Waals surface area (Å²) in [6, 6.07) is 4.94. The van der Waals surface area contributed by atoms with Gasteiger partial charge in [-0.1, -0.05) is 0 Å². The average Bonchev–Trinajstić information content (AvgIpc) is 2.48. The molecule has 8 heteroatoms. The van der Waals surface area contributed by atoms with Crippen LogP contribution in [0.3, 0.4) is 0 Å². The Bertz CT molecular complexity index is 867. The highest BCUT2D eigenvalue weighted by Crippen LogP contribution is 2.34. The molecule has 0 radical (unpaired) electrons. The lowest BCUT2D eigenvalue weighted by Crippen LogP contribution is -2.07. The van der Waals surface area contributed by atoms with Gasteiger partial charge in [0, 0.05) is 17.2 Å². The van der Waals surface area contributed by atoms with E-state index in [0.717, 1.165) is 24.3 Å². The van der Waals surface area contributed by atoms with Crippen LogP contribution in [0.2, 0.25) is 0 Å². The van der Waals surface area contributed by atoms with Gasteiger partial charge >= 0.3 is 11.9 Å². The van der Waals surface area contributed by atoms with Crippen molar-refractivity contribution in [2.75, 3.05) is 0 Å². The summed E-state index contributed by atoms with van der Waals surface area (Å²) in [6.45, 7) is 0. The second kappa shape index (κ2) is 6.21. The zero-order valence-electron chi connectivity index (χ0n) is 12.0. The number of carboxylic acid groups (broad SMARTS) is 2. The Labute approximate surface area is 134 Å². The number of hydrogen-bond acceptors (Lipinski definition) is 6. The minimum absolute atomic E-state index is 0.00843. The standard InChI is InChI=1S/C16H12O8/c17-8-2-1-7(12(18)4-8)3-10(15(21)22)9-5-13(19)14(20)6-11(9)16(23)24/h1-6,17-20H,(H,21,22)(H,23,24)/b10-3+. The predicted octanol–water partition coefficient (Wildman–Crippen LogP) is 1.83. The molecule has 0 fully saturated rings. The van der Waals surface area contributed by atoms with Gasteiger partial charge in [0.15, 0.2) is 11.5 Å². The quantitative estimate of drug-likeness (QED) is 0.281. The molecule has 0 aromatic heterocycles. The zero-order valence-corrected chi connectivity index (χ0v) is 12.0. The number of carboxylic acids is 2. The molecule has 0 heterocycles. The minimum atomic E-state index is -1.52. The third-order valence-corrected chi connectivity index (χ3v) is 3.18. The van der Waals surface area contributed by atoms with E-state index in [9.17, 15) is 40.2 Å². The number of hydrogen-bond donors (Lipinski definition) is 6. The maximum Gasteiger partial charge on any atom is 0.336 e. The number of phenols is 4. The molecule has 2 aromatic rings. The van der Waals surface area contributed by atoms with Crippen molar-refractivity contribution in [1.29, 1.82) is 0 Å². The van der Waals surface area contributed by atoms with Crippen molar-refractivity contribution < 1.29 is 40.2 Å². The van der Waals surface area contributed by atoms with Gasteiger partial charge in [-0.25, -0.2) is 9.59 Å². The van der Waals surface area contributed by atoms with Gasteiger partial charge in [0.2, 0.25) is 0 Å². The Morgan fingerprint density at radius 3 is 1.88 bits per heavy atom. The van der Waals surface area contributed by atoms with Gasteiger partial charge in [-0.2, -0.15) is 0 Å². The van der Waals surface area contributed by atoms with Crippen LogP contribution in [0, 0.1) is 0 Å². The van der Waals surface area contributed by atoms with E-state index < -0.39 is 40.3 Å². The van der Waals surface area contributed by atoms with Crippen molar-refractivity contribution in [3.05, 3.63) is 47.0 Å². The minimum Gasteiger partial charge on any atom is -0.508 e. The average molecular weight is 332 g/mol. The molecule has 0 atom stereocenters. The Morgan fingerprint density at radius 2 is 1.38 bits per heavy atom. The molecule has 0 unspecified atom stereocenters. The van der Waals surface area contributed by atoms with E-state index >= 15 is 0 Å². The third-order valence-electron chi connectivity index (χ3n) is 3.18. The fourth-order valence-electron chi connectivity index (χ4n) is 2.04. The molecule has 0 amide bonds. The molecule has 0 saturated carbocycles. The molecule has 0 spiro atoms. The van der Waals surface area contributed by atoms with Crippen LogP contribution >= 0.6 is 0 Å². The van der Waals surface area contributed by atoms with Gasteiger partial charge in [0.25, 0.3) is 0 Å². The van der Waals surface area contributed by atoms with Crippen LogP contribution in [0.5, 0.6) is 23.0 Å². The molecule has 0 aliphatic heterocycles. The van der Waals surface area contributed by atoms with Crippen LogP contribution in [0.1, 0.15) is 21.5 Å². The van der Waals surface area contributed by atoms with Crippen molar-refractivity contribution in [2.24, 2.45) is 0 Å². The van der Waals surface area contributed by atoms with Crippen molar-refractivity contribution in [3.8, 4) is 23.0 Å². The number of carbonyl (C=O) groups is 2. The summed E-state index contributed by atoms with van der Waals surface area (Å²) in [5, 5.41) is 56.5. The molecule has 0 aliphatic carbocycles. The Hall–Kier alpha value is -3.68. The van der Waals surface area contributed by atoms with E-state index in [4.69, 9.17) is 0 Å². The van der Waals surface area contributed by atoms with Crippen LogP contribution in [0.15, 0.2) is 30.3 Å². The highest BCUT2D eigenvalue weighted by atomic mass is 16.4. The SMILES string of the molecule is O=C(O)/C(=C/c1ccc(O)cc1O)c1cc(O)c(O)cc1C(=O)O. The lowest BCUT2D eigenvalue weighted by Gasteiger charge is -2.10. The predicted molar refractivity (Wildman–Crippen MR) is 82.0 cm³/mol. The monoisotopic (exact) mass is 332 g/mol. The number of rotatable bonds is 4. The first-order valence-electron chi connectivity index (χ1n) is 6.47. The van der Waals surface area contributed by atoms with E-state index in [-0.39, 0.29) is 16.9 Å². The molecular weight excluding hydrogens is 320 g/mol. The van der Waals surface area contributed by atoms with Gasteiger partial charge in [-0.3, -0.25) is 0 Å². The molecule has 2 rings (SSSR count). The maximum atomic E-state index is 11.5. The van der Waals surface area contributed by atoms with E-state index in [2.05, 4.69) is 0 Å². The zero-order chi connectivity index (χ0) is 18.0. The first-order chi connectivity index (χ1) is 11.2. The highest BCUT2D eigenvalue weighted by molar-refractivity contribution is 6.23. The first-order valence-corrected chi connectivity index (χ1v) is 6.47. The van der Waals surface area contributed by atoms with Gasteiger partial charge in [0.05, 0.1) is 11.1 Å². The number of aromatic hydroxyl groups is 4. The second-order valence-corrected chi connectivity index (χ2v) is 4.80. The fourth-order valence-corrected chi connectivity index (χ4v) is 2.04. The third kappa shape index (κ3) is 3.22. The second-order valence-electron chi connectivity index (χ2n) is 4.80. The van der Waals surface area contributed by atoms with Crippen molar-refractivity contribution >= 4 is 23.6 Å². The Balaban J connectivity index is 2.73. The molecule has 0 bridgehead atoms. The summed E-state index contributed by atoms with van der Waals surface area (Å²) in [5.41, 5.74) is -1.44. The van der Waals surface area contributed by atoms with E-state index in [1.54, 1.807) is 0 Å². The smallest absolute Gasteiger partial charge is 0.336 e.